The summed E-state index contributed by atoms with van der Waals surface area (Å²) >= 11 is -1.03. The number of nitrogens with one attached hydrogen (secondary N) is 1. The largest absolute Gasteiger partial charge is 0.611 e. The van der Waals surface area contributed by atoms with E-state index in [9.17, 15) is 4.55 Å². The van der Waals surface area contributed by atoms with Crippen molar-refractivity contribution in [3.8, 4) is 0 Å². The first kappa shape index (κ1) is 30.7. The molecule has 8 heteroatoms. The summed E-state index contributed by atoms with van der Waals surface area (Å²) in [6.07, 6.45) is 18.8. The lowest BCUT2D eigenvalue weighted by Crippen LogP contribution is -2.38. The molecule has 1 atom stereocenters. The second kappa shape index (κ2) is 15.6. The summed E-state index contributed by atoms with van der Waals surface area (Å²) in [4.78, 5) is 12.8. The molecule has 0 spiro atoms. The lowest BCUT2D eigenvalue weighted by Gasteiger charge is -2.33. The smallest absolute Gasteiger partial charge is 0.227 e. The van der Waals surface area contributed by atoms with Gasteiger partial charge in [-0.25, -0.2) is 4.98 Å². The summed E-state index contributed by atoms with van der Waals surface area (Å²) < 4.78 is 24.6. The molecule has 7 nitrogen and oxygen atoms in total. The Morgan fingerprint density at radius 3 is 2.60 bits per heavy atom. The average molecular weight is 569 g/mol. The van der Waals surface area contributed by atoms with Crippen LogP contribution in [0.3, 0.4) is 0 Å². The summed E-state index contributed by atoms with van der Waals surface area (Å²) in [6, 6.07) is 0.296. The highest BCUT2D eigenvalue weighted by Crippen LogP contribution is 2.34. The normalized spacial score (nSPS) is 21.2. The number of aryl methyl sites for hydroxylation is 1. The Bertz CT molecular complexity index is 1070. The summed E-state index contributed by atoms with van der Waals surface area (Å²) in [5.74, 6) is 2.88. The number of hydrogen-bond donors (Lipinski definition) is 1. The highest BCUT2D eigenvalue weighted by atomic mass is 32.2. The zero-order valence-corrected chi connectivity index (χ0v) is 25.6. The van der Waals surface area contributed by atoms with Crippen molar-refractivity contribution < 1.29 is 14.0 Å². The Kier molecular flexibility index (Phi) is 12.0. The number of hydrogen-bond acceptors (Lipinski definition) is 7. The third kappa shape index (κ3) is 8.37. The van der Waals surface area contributed by atoms with Crippen molar-refractivity contribution in [1.82, 2.24) is 9.97 Å². The van der Waals surface area contributed by atoms with Gasteiger partial charge in [-0.1, -0.05) is 45.1 Å². The fourth-order valence-corrected chi connectivity index (χ4v) is 7.00. The van der Waals surface area contributed by atoms with Crippen LogP contribution in [0.5, 0.6) is 0 Å². The van der Waals surface area contributed by atoms with Crippen molar-refractivity contribution >= 4 is 22.9 Å². The Balaban J connectivity index is 1.36. The molecular weight excluding hydrogens is 520 g/mol. The SMILES string of the molecule is C=C(/C=C(CCC)\C(=C/C)CC/C=C\CC)OC1CCN(c2nc3c(c(NC4CCOCC4)n2)[S+]([O-])CC3)CC1. The Morgan fingerprint density at radius 1 is 1.12 bits per heavy atom. The molecule has 2 fully saturated rings. The van der Waals surface area contributed by atoms with Gasteiger partial charge in [-0.15, -0.1) is 0 Å². The first-order valence-electron chi connectivity index (χ1n) is 15.3. The van der Waals surface area contributed by atoms with Crippen LogP contribution in [0.15, 0.2) is 52.7 Å². The minimum Gasteiger partial charge on any atom is -0.611 e. The molecule has 0 radical (unpaired) electrons. The van der Waals surface area contributed by atoms with Crippen LogP contribution in [0.4, 0.5) is 11.8 Å². The topological polar surface area (TPSA) is 82.6 Å². The van der Waals surface area contributed by atoms with E-state index in [0.29, 0.717) is 11.8 Å². The zero-order chi connectivity index (χ0) is 28.3. The van der Waals surface area contributed by atoms with Gasteiger partial charge in [0.05, 0.1) is 0 Å². The minimum atomic E-state index is -1.03. The van der Waals surface area contributed by atoms with Crippen molar-refractivity contribution in [3.63, 3.8) is 0 Å². The fraction of sp³-hybridized carbons (Fsp3) is 0.625. The molecule has 0 amide bonds. The van der Waals surface area contributed by atoms with E-state index in [-0.39, 0.29) is 6.10 Å². The lowest BCUT2D eigenvalue weighted by atomic mass is 9.96. The van der Waals surface area contributed by atoms with Gasteiger partial charge >= 0.3 is 0 Å². The highest BCUT2D eigenvalue weighted by Gasteiger charge is 2.34. The molecule has 3 aliphatic rings. The standard InChI is InChI=1S/C32H48N4O3S/c1-5-8-9-10-12-25(7-3)26(11-6-2)23-24(4)39-28-13-18-36(19-14-28)32-34-29-17-22-40(37)30(29)31(35-32)33-27-15-20-38-21-16-27/h7-9,23,27-28H,4-6,10-22H2,1-3H3,(H,33,34,35)/b9-8-,25-7-,26-23-. The number of allylic oxidation sites excluding steroid dienone is 6. The van der Waals surface area contributed by atoms with Crippen LogP contribution in [0, 0.1) is 0 Å². The molecule has 3 aliphatic heterocycles. The van der Waals surface area contributed by atoms with E-state index < -0.39 is 11.2 Å². The molecule has 0 bridgehead atoms. The number of fused-ring (bicyclic) bond motifs is 1. The number of aromatic nitrogens is 2. The second-order valence-electron chi connectivity index (χ2n) is 10.9. The van der Waals surface area contributed by atoms with E-state index in [1.807, 2.05) is 0 Å². The molecule has 40 heavy (non-hydrogen) atoms. The van der Waals surface area contributed by atoms with Crippen LogP contribution in [0.25, 0.3) is 0 Å². The quantitative estimate of drug-likeness (QED) is 0.123. The molecule has 1 aromatic heterocycles. The molecule has 1 unspecified atom stereocenters. The maximum absolute atomic E-state index is 12.7. The van der Waals surface area contributed by atoms with E-state index in [1.54, 1.807) is 0 Å². The minimum absolute atomic E-state index is 0.131. The number of rotatable bonds is 13. The van der Waals surface area contributed by atoms with E-state index in [1.165, 1.54) is 11.1 Å². The van der Waals surface area contributed by atoms with Crippen LogP contribution >= 0.6 is 0 Å². The Hall–Kier alpha value is -2.29. The van der Waals surface area contributed by atoms with Crippen LogP contribution in [0.2, 0.25) is 0 Å². The average Bonchev–Trinajstić information content (AvgIpc) is 3.34. The maximum atomic E-state index is 12.7. The fourth-order valence-electron chi connectivity index (χ4n) is 5.68. The van der Waals surface area contributed by atoms with E-state index in [4.69, 9.17) is 19.4 Å². The van der Waals surface area contributed by atoms with Crippen molar-refractivity contribution in [2.45, 2.75) is 102 Å². The second-order valence-corrected chi connectivity index (χ2v) is 12.4. The number of piperidine rings is 1. The van der Waals surface area contributed by atoms with Crippen molar-refractivity contribution in [3.05, 3.63) is 53.5 Å². The third-order valence-corrected chi connectivity index (χ3v) is 9.34. The number of anilines is 2. The molecular formula is C32H48N4O3S. The highest BCUT2D eigenvalue weighted by molar-refractivity contribution is 7.91. The summed E-state index contributed by atoms with van der Waals surface area (Å²) in [6.45, 7) is 13.9. The van der Waals surface area contributed by atoms with Gasteiger partial charge in [0.25, 0.3) is 0 Å². The van der Waals surface area contributed by atoms with Crippen LogP contribution in [-0.4, -0.2) is 58.7 Å². The molecule has 220 valence electrons. The Labute approximate surface area is 244 Å². The molecule has 1 N–H and O–H groups in total. The van der Waals surface area contributed by atoms with Crippen LogP contribution in [0.1, 0.15) is 84.3 Å². The van der Waals surface area contributed by atoms with Gasteiger partial charge < -0.3 is 24.2 Å². The lowest BCUT2D eigenvalue weighted by molar-refractivity contribution is 0.0903. The number of nitrogens with zero attached hydrogens (tertiary/aromatic N) is 3. The van der Waals surface area contributed by atoms with Gasteiger partial charge in [0.1, 0.15) is 23.3 Å². The first-order chi connectivity index (χ1) is 19.5. The molecule has 0 aliphatic carbocycles. The summed E-state index contributed by atoms with van der Waals surface area (Å²) in [7, 11) is 0. The predicted octanol–water partition coefficient (Wildman–Crippen LogP) is 6.65. The van der Waals surface area contributed by atoms with Gasteiger partial charge in [0.2, 0.25) is 10.8 Å². The van der Waals surface area contributed by atoms with Crippen molar-refractivity contribution in [2.24, 2.45) is 0 Å². The van der Waals surface area contributed by atoms with Crippen LogP contribution in [-0.2, 0) is 27.1 Å². The maximum Gasteiger partial charge on any atom is 0.227 e. The van der Waals surface area contributed by atoms with Gasteiger partial charge in [0.15, 0.2) is 5.82 Å². The Morgan fingerprint density at radius 2 is 1.90 bits per heavy atom. The van der Waals surface area contributed by atoms with Gasteiger partial charge in [0, 0.05) is 51.6 Å². The van der Waals surface area contributed by atoms with Gasteiger partial charge in [-0.05, 0) is 73.8 Å². The molecule has 0 aromatic carbocycles. The van der Waals surface area contributed by atoms with Crippen molar-refractivity contribution in [2.75, 3.05) is 42.3 Å². The van der Waals surface area contributed by atoms with E-state index in [0.717, 1.165) is 119 Å². The van der Waals surface area contributed by atoms with Crippen LogP contribution < -0.4 is 10.2 Å². The van der Waals surface area contributed by atoms with E-state index in [2.05, 4.69) is 61.9 Å². The number of ether oxygens (including phenoxy) is 2. The summed E-state index contributed by atoms with van der Waals surface area (Å²) in [5, 5.41) is 3.59. The molecule has 4 rings (SSSR count). The third-order valence-electron chi connectivity index (χ3n) is 7.88. The first-order valence-corrected chi connectivity index (χ1v) is 16.6. The van der Waals surface area contributed by atoms with Gasteiger partial charge in [-0.3, -0.25) is 0 Å². The predicted molar refractivity (Wildman–Crippen MR) is 165 cm³/mol. The molecule has 2 saturated heterocycles. The van der Waals surface area contributed by atoms with Gasteiger partial charge in [-0.2, -0.15) is 4.98 Å². The molecule has 0 saturated carbocycles. The molecule has 4 heterocycles. The summed E-state index contributed by atoms with van der Waals surface area (Å²) in [5.41, 5.74) is 3.66. The van der Waals surface area contributed by atoms with Crippen molar-refractivity contribution in [1.29, 1.82) is 0 Å². The zero-order valence-electron chi connectivity index (χ0n) is 24.8. The monoisotopic (exact) mass is 568 g/mol. The molecule has 1 aromatic rings. The van der Waals surface area contributed by atoms with E-state index >= 15 is 0 Å².